The van der Waals surface area contributed by atoms with Crippen LogP contribution in [-0.4, -0.2) is 37.2 Å². The summed E-state index contributed by atoms with van der Waals surface area (Å²) in [5, 5.41) is 0. The van der Waals surface area contributed by atoms with E-state index in [9.17, 15) is 14.4 Å². The maximum atomic E-state index is 12.9. The summed E-state index contributed by atoms with van der Waals surface area (Å²) in [4.78, 5) is 38.2. The van der Waals surface area contributed by atoms with E-state index >= 15 is 0 Å². The molecule has 6 nitrogen and oxygen atoms in total. The van der Waals surface area contributed by atoms with E-state index in [2.05, 4.69) is 154 Å². The van der Waals surface area contributed by atoms with Crippen molar-refractivity contribution in [2.45, 2.75) is 297 Å². The Hall–Kier alpha value is -4.45. The fraction of sp³-hybridized carbons (Fsp3) is 0.658. The molecule has 0 aromatic heterocycles. The van der Waals surface area contributed by atoms with Gasteiger partial charge in [-0.2, -0.15) is 0 Å². The topological polar surface area (TPSA) is 78.9 Å². The van der Waals surface area contributed by atoms with Crippen molar-refractivity contribution < 1.29 is 28.6 Å². The number of carbonyl (C=O) groups is 3. The molecule has 0 spiro atoms. The van der Waals surface area contributed by atoms with Crippen molar-refractivity contribution >= 4 is 17.9 Å². The summed E-state index contributed by atoms with van der Waals surface area (Å²) in [6.45, 7) is 6.38. The number of esters is 3. The van der Waals surface area contributed by atoms with Crippen molar-refractivity contribution in [1.82, 2.24) is 0 Å². The lowest BCUT2D eigenvalue weighted by Crippen LogP contribution is -2.30. The highest BCUT2D eigenvalue weighted by Crippen LogP contribution is 2.16. The Morgan fingerprint density at radius 2 is 0.494 bits per heavy atom. The highest BCUT2D eigenvalue weighted by Gasteiger charge is 2.19. The van der Waals surface area contributed by atoms with Gasteiger partial charge in [-0.3, -0.25) is 14.4 Å². The fourth-order valence-electron chi connectivity index (χ4n) is 8.83. The minimum atomic E-state index is -0.803. The number of allylic oxidation sites excluding steroid dienone is 22. The van der Waals surface area contributed by atoms with Crippen LogP contribution in [0.25, 0.3) is 0 Å². The third-order valence-corrected chi connectivity index (χ3v) is 13.7. The second-order valence-corrected chi connectivity index (χ2v) is 21.3. The van der Waals surface area contributed by atoms with Crippen molar-refractivity contribution in [3.63, 3.8) is 0 Å². The molecule has 79 heavy (non-hydrogen) atoms. The lowest BCUT2D eigenvalue weighted by molar-refractivity contribution is -0.167. The molecule has 0 fully saturated rings. The second kappa shape index (κ2) is 66.1. The average molecular weight is 1090 g/mol. The molecule has 0 aromatic rings. The predicted molar refractivity (Wildman–Crippen MR) is 343 cm³/mol. The molecule has 0 aliphatic rings. The van der Waals surface area contributed by atoms with E-state index in [1.807, 2.05) is 0 Å². The number of unbranched alkanes of at least 4 members (excludes halogenated alkanes) is 25. The van der Waals surface area contributed by atoms with E-state index in [0.717, 1.165) is 122 Å². The highest BCUT2D eigenvalue weighted by molar-refractivity contribution is 5.71. The predicted octanol–water partition coefficient (Wildman–Crippen LogP) is 22.5. The lowest BCUT2D eigenvalue weighted by atomic mass is 10.0. The van der Waals surface area contributed by atoms with Crippen molar-refractivity contribution in [1.29, 1.82) is 0 Å². The van der Waals surface area contributed by atoms with Crippen LogP contribution in [0.1, 0.15) is 290 Å². The zero-order chi connectivity index (χ0) is 57.1. The molecule has 0 amide bonds. The van der Waals surface area contributed by atoms with E-state index < -0.39 is 6.10 Å². The van der Waals surface area contributed by atoms with Crippen molar-refractivity contribution in [3.05, 3.63) is 134 Å². The molecule has 0 aliphatic heterocycles. The zero-order valence-corrected chi connectivity index (χ0v) is 51.3. The van der Waals surface area contributed by atoms with Gasteiger partial charge in [-0.15, -0.1) is 0 Å². The van der Waals surface area contributed by atoms with Crippen LogP contribution < -0.4 is 0 Å². The number of ether oxygens (including phenoxy) is 3. The summed E-state index contributed by atoms with van der Waals surface area (Å²) in [5.41, 5.74) is 0. The number of hydrogen-bond donors (Lipinski definition) is 0. The number of carbonyl (C=O) groups excluding carboxylic acids is 3. The van der Waals surface area contributed by atoms with Gasteiger partial charge in [0.15, 0.2) is 6.10 Å². The van der Waals surface area contributed by atoms with Gasteiger partial charge in [0.25, 0.3) is 0 Å². The molecule has 0 saturated heterocycles. The highest BCUT2D eigenvalue weighted by atomic mass is 16.6. The fourth-order valence-corrected chi connectivity index (χ4v) is 8.83. The van der Waals surface area contributed by atoms with Crippen LogP contribution in [0.2, 0.25) is 0 Å². The Bertz CT molecular complexity index is 1680. The van der Waals surface area contributed by atoms with Crippen LogP contribution in [0.15, 0.2) is 134 Å². The quantitative estimate of drug-likeness (QED) is 0.0261. The van der Waals surface area contributed by atoms with Gasteiger partial charge in [-0.25, -0.2) is 0 Å². The van der Waals surface area contributed by atoms with Crippen molar-refractivity contribution in [2.24, 2.45) is 0 Å². The zero-order valence-electron chi connectivity index (χ0n) is 51.3. The normalized spacial score (nSPS) is 13.0. The standard InChI is InChI=1S/C73H120O6/c1-4-7-10-13-16-19-22-25-27-28-29-30-31-32-33-34-35-36-37-38-39-40-41-42-43-44-46-48-51-54-57-60-63-66-72(75)78-69-70(68-77-71(74)65-62-59-56-53-50-47-24-21-18-15-12-9-6-3)79-73(76)67-64-61-58-55-52-49-45-26-23-20-17-14-11-8-5-2/h7-8,10-11,16-17,19-20,25-27,29-30,32-33,35-36,38-39,45,52,55,70H,4-6,9,12-15,18,21-24,28,31,34,37,40-44,46-51,53-54,56-69H2,1-3H3/b10-7-,11-8-,19-16-,20-17-,27-25-,30-29-,33-32-,36-35-,39-38-,45-26-,55-52-. The van der Waals surface area contributed by atoms with Crippen molar-refractivity contribution in [2.75, 3.05) is 13.2 Å². The Morgan fingerprint density at radius 3 is 0.797 bits per heavy atom. The first kappa shape index (κ1) is 74.5. The molecule has 0 heterocycles. The van der Waals surface area contributed by atoms with Gasteiger partial charge in [-0.05, 0) is 116 Å². The first-order valence-electron chi connectivity index (χ1n) is 32.7. The monoisotopic (exact) mass is 1090 g/mol. The van der Waals surface area contributed by atoms with Gasteiger partial charge in [-0.1, -0.05) is 289 Å². The van der Waals surface area contributed by atoms with Gasteiger partial charge >= 0.3 is 17.9 Å². The minimum Gasteiger partial charge on any atom is -0.462 e. The molecule has 0 rings (SSSR count). The number of hydrogen-bond acceptors (Lipinski definition) is 6. The van der Waals surface area contributed by atoms with Crippen LogP contribution in [-0.2, 0) is 28.6 Å². The molecule has 1 unspecified atom stereocenters. The molecule has 0 aromatic carbocycles. The van der Waals surface area contributed by atoms with Gasteiger partial charge in [0, 0.05) is 19.3 Å². The molecule has 0 saturated carbocycles. The van der Waals surface area contributed by atoms with Gasteiger partial charge in [0.1, 0.15) is 13.2 Å². The second-order valence-electron chi connectivity index (χ2n) is 21.3. The van der Waals surface area contributed by atoms with Crippen LogP contribution in [0.4, 0.5) is 0 Å². The molecular weight excluding hydrogens is 973 g/mol. The maximum Gasteiger partial charge on any atom is 0.306 e. The minimum absolute atomic E-state index is 0.0953. The van der Waals surface area contributed by atoms with E-state index in [-0.39, 0.29) is 37.5 Å². The van der Waals surface area contributed by atoms with Gasteiger partial charge in [0.05, 0.1) is 0 Å². The molecule has 6 heteroatoms. The summed E-state index contributed by atoms with van der Waals surface area (Å²) in [5.74, 6) is -0.936. The lowest BCUT2D eigenvalue weighted by Gasteiger charge is -2.18. The van der Waals surface area contributed by atoms with E-state index in [4.69, 9.17) is 14.2 Å². The molecular formula is C73H120O6. The van der Waals surface area contributed by atoms with Crippen LogP contribution in [0.3, 0.4) is 0 Å². The third kappa shape index (κ3) is 64.3. The number of rotatable bonds is 58. The maximum absolute atomic E-state index is 12.9. The Labute approximate surface area is 487 Å². The van der Waals surface area contributed by atoms with Gasteiger partial charge < -0.3 is 14.2 Å². The largest absolute Gasteiger partial charge is 0.462 e. The Morgan fingerprint density at radius 1 is 0.266 bits per heavy atom. The molecule has 0 N–H and O–H groups in total. The summed E-state index contributed by atoms with van der Waals surface area (Å²) in [7, 11) is 0. The first-order chi connectivity index (χ1) is 39.0. The molecule has 1 atom stereocenters. The summed E-state index contributed by atoms with van der Waals surface area (Å²) < 4.78 is 16.9. The molecule has 0 radical (unpaired) electrons. The summed E-state index contributed by atoms with van der Waals surface area (Å²) >= 11 is 0. The van der Waals surface area contributed by atoms with E-state index in [1.54, 1.807) is 0 Å². The first-order valence-corrected chi connectivity index (χ1v) is 32.7. The third-order valence-electron chi connectivity index (χ3n) is 13.7. The average Bonchev–Trinajstić information content (AvgIpc) is 3.45. The molecule has 0 aliphatic carbocycles. The van der Waals surface area contributed by atoms with Crippen molar-refractivity contribution in [3.8, 4) is 0 Å². The van der Waals surface area contributed by atoms with Crippen LogP contribution in [0.5, 0.6) is 0 Å². The van der Waals surface area contributed by atoms with Gasteiger partial charge in [0.2, 0.25) is 0 Å². The molecule has 448 valence electrons. The Balaban J connectivity index is 4.26. The summed E-state index contributed by atoms with van der Waals surface area (Å²) in [6, 6.07) is 0. The van der Waals surface area contributed by atoms with Crippen LogP contribution in [0, 0.1) is 0 Å². The summed E-state index contributed by atoms with van der Waals surface area (Å²) in [6.07, 6.45) is 93.3. The Kier molecular flexibility index (Phi) is 62.3. The van der Waals surface area contributed by atoms with Crippen LogP contribution >= 0.6 is 0 Å². The molecule has 0 bridgehead atoms. The van der Waals surface area contributed by atoms with E-state index in [0.29, 0.717) is 19.3 Å². The van der Waals surface area contributed by atoms with E-state index in [1.165, 1.54) is 122 Å². The SMILES string of the molecule is CC/C=C\C/C=C\C/C=C\C/C=C\C/C=C\C/C=C\C/C=C\CCCCCCCCCCCCCC(=O)OCC(COC(=O)CCCCCCCCCCCCCCC)OC(=O)CCCC/C=C\C/C=C\C/C=C\C/C=C\CC. The smallest absolute Gasteiger partial charge is 0.306 e.